The number of H-pyrrole nitrogens is 1. The molecule has 0 saturated carbocycles. The molecule has 0 bridgehead atoms. The van der Waals surface area contributed by atoms with E-state index >= 15 is 0 Å². The van der Waals surface area contributed by atoms with Crippen molar-refractivity contribution < 1.29 is 0 Å². The highest BCUT2D eigenvalue weighted by Crippen LogP contribution is 2.27. The van der Waals surface area contributed by atoms with Crippen LogP contribution >= 0.6 is 0 Å². The second kappa shape index (κ2) is 5.98. The Bertz CT molecular complexity index is 666. The summed E-state index contributed by atoms with van der Waals surface area (Å²) in [4.78, 5) is 22.4. The Morgan fingerprint density at radius 2 is 1.43 bits per heavy atom. The Morgan fingerprint density at radius 1 is 0.826 bits per heavy atom. The smallest absolute Gasteiger partial charge is 0.229 e. The van der Waals surface area contributed by atoms with Gasteiger partial charge in [0.05, 0.1) is 5.39 Å². The number of piperazine rings is 2. The molecule has 2 saturated heterocycles. The summed E-state index contributed by atoms with van der Waals surface area (Å²) in [5.41, 5.74) is 0.947. The number of nitrogens with zero attached hydrogens (tertiary/aromatic N) is 6. The highest BCUT2D eigenvalue weighted by Gasteiger charge is 2.22. The van der Waals surface area contributed by atoms with Crippen LogP contribution in [0.25, 0.3) is 11.0 Å². The monoisotopic (exact) mass is 315 g/mol. The largest absolute Gasteiger partial charge is 0.353 e. The van der Waals surface area contributed by atoms with Crippen molar-refractivity contribution in [1.29, 1.82) is 0 Å². The van der Waals surface area contributed by atoms with Crippen LogP contribution in [0.2, 0.25) is 0 Å². The maximum Gasteiger partial charge on any atom is 0.229 e. The molecule has 0 amide bonds. The topological polar surface area (TPSA) is 54.5 Å². The maximum atomic E-state index is 4.95. The van der Waals surface area contributed by atoms with Crippen molar-refractivity contribution in [3.8, 4) is 0 Å². The van der Waals surface area contributed by atoms with Crippen molar-refractivity contribution in [1.82, 2.24) is 24.8 Å². The van der Waals surface area contributed by atoms with E-state index in [1.54, 1.807) is 0 Å². The van der Waals surface area contributed by atoms with E-state index in [-0.39, 0.29) is 0 Å². The van der Waals surface area contributed by atoms with E-state index in [1.165, 1.54) is 0 Å². The van der Waals surface area contributed by atoms with Gasteiger partial charge in [-0.05, 0) is 20.2 Å². The molecule has 0 spiro atoms. The summed E-state index contributed by atoms with van der Waals surface area (Å²) in [6, 6.07) is 2.09. The molecule has 4 heterocycles. The van der Waals surface area contributed by atoms with Crippen molar-refractivity contribution in [3.05, 3.63) is 12.3 Å². The van der Waals surface area contributed by atoms with Gasteiger partial charge in [0.2, 0.25) is 5.95 Å². The number of hydrogen-bond donors (Lipinski definition) is 1. The average molecular weight is 315 g/mol. The molecule has 124 valence electrons. The lowest BCUT2D eigenvalue weighted by molar-refractivity contribution is 0.309. The highest BCUT2D eigenvalue weighted by molar-refractivity contribution is 5.88. The number of rotatable bonds is 2. The minimum Gasteiger partial charge on any atom is -0.353 e. The van der Waals surface area contributed by atoms with Crippen LogP contribution in [0.15, 0.2) is 12.3 Å². The van der Waals surface area contributed by atoms with Gasteiger partial charge in [0.25, 0.3) is 0 Å². The Morgan fingerprint density at radius 3 is 2.09 bits per heavy atom. The first kappa shape index (κ1) is 14.7. The molecule has 2 aromatic rings. The third kappa shape index (κ3) is 2.86. The molecule has 1 N–H and O–H groups in total. The lowest BCUT2D eigenvalue weighted by Gasteiger charge is -2.35. The minimum absolute atomic E-state index is 0.863. The van der Waals surface area contributed by atoms with E-state index in [1.807, 2.05) is 6.20 Å². The summed E-state index contributed by atoms with van der Waals surface area (Å²) in [6.07, 6.45) is 1.96. The summed E-state index contributed by atoms with van der Waals surface area (Å²) in [5, 5.41) is 1.13. The van der Waals surface area contributed by atoms with E-state index in [2.05, 4.69) is 44.7 Å². The molecule has 0 atom stereocenters. The van der Waals surface area contributed by atoms with Crippen molar-refractivity contribution in [2.24, 2.45) is 0 Å². The molecule has 0 unspecified atom stereocenters. The van der Waals surface area contributed by atoms with Crippen LogP contribution in [0.1, 0.15) is 0 Å². The van der Waals surface area contributed by atoms with E-state index < -0.39 is 0 Å². The number of hydrogen-bond acceptors (Lipinski definition) is 6. The summed E-state index contributed by atoms with van der Waals surface area (Å²) in [7, 11) is 4.35. The first-order chi connectivity index (χ1) is 11.2. The van der Waals surface area contributed by atoms with Crippen molar-refractivity contribution >= 4 is 22.8 Å². The SMILES string of the molecule is CN1CCN(c2nc(N3CCN(C)CC3)c3cc[nH]c3n2)CC1. The van der Waals surface area contributed by atoms with Crippen molar-refractivity contribution in [3.63, 3.8) is 0 Å². The zero-order chi connectivity index (χ0) is 15.8. The second-order valence-corrected chi connectivity index (χ2v) is 6.67. The highest BCUT2D eigenvalue weighted by atomic mass is 15.3. The Labute approximate surface area is 136 Å². The predicted molar refractivity (Wildman–Crippen MR) is 93.3 cm³/mol. The third-order valence-corrected chi connectivity index (χ3v) is 4.97. The average Bonchev–Trinajstić information content (AvgIpc) is 3.04. The quantitative estimate of drug-likeness (QED) is 0.869. The minimum atomic E-state index is 0.863. The summed E-state index contributed by atoms with van der Waals surface area (Å²) >= 11 is 0. The van der Waals surface area contributed by atoms with Gasteiger partial charge in [-0.2, -0.15) is 9.97 Å². The first-order valence-electron chi connectivity index (χ1n) is 8.43. The fraction of sp³-hybridized carbons (Fsp3) is 0.625. The zero-order valence-corrected chi connectivity index (χ0v) is 14.0. The second-order valence-electron chi connectivity index (χ2n) is 6.67. The van der Waals surface area contributed by atoms with Gasteiger partial charge in [-0.1, -0.05) is 0 Å². The normalized spacial score (nSPS) is 21.3. The van der Waals surface area contributed by atoms with Gasteiger partial charge in [-0.3, -0.25) is 0 Å². The molecule has 0 aromatic carbocycles. The van der Waals surface area contributed by atoms with Gasteiger partial charge < -0.3 is 24.6 Å². The molecule has 2 aliphatic rings. The van der Waals surface area contributed by atoms with Gasteiger partial charge in [0.1, 0.15) is 11.5 Å². The maximum absolute atomic E-state index is 4.95. The van der Waals surface area contributed by atoms with E-state index in [4.69, 9.17) is 9.97 Å². The standard InChI is InChI=1S/C16H25N7/c1-20-5-9-22(10-6-20)15-13-3-4-17-14(13)18-16(19-15)23-11-7-21(2)8-12-23/h3-4H,5-12H2,1-2H3,(H,17,18,19). The molecule has 0 radical (unpaired) electrons. The van der Waals surface area contributed by atoms with Crippen molar-refractivity contribution in [2.45, 2.75) is 0 Å². The van der Waals surface area contributed by atoms with E-state index in [9.17, 15) is 0 Å². The Kier molecular flexibility index (Phi) is 3.82. The third-order valence-electron chi connectivity index (χ3n) is 4.97. The van der Waals surface area contributed by atoms with Crippen LogP contribution in [-0.4, -0.2) is 91.2 Å². The molecule has 0 aliphatic carbocycles. The Hall–Kier alpha value is -1.86. The fourth-order valence-corrected chi connectivity index (χ4v) is 3.32. The fourth-order valence-electron chi connectivity index (χ4n) is 3.32. The van der Waals surface area contributed by atoms with Crippen LogP contribution in [0.4, 0.5) is 11.8 Å². The summed E-state index contributed by atoms with van der Waals surface area (Å²) < 4.78 is 0. The van der Waals surface area contributed by atoms with Gasteiger partial charge >= 0.3 is 0 Å². The lowest BCUT2D eigenvalue weighted by atomic mass is 10.3. The molecule has 2 aromatic heterocycles. The van der Waals surface area contributed by atoms with E-state index in [0.717, 1.165) is 75.2 Å². The number of nitrogens with one attached hydrogen (secondary N) is 1. The summed E-state index contributed by atoms with van der Waals surface area (Å²) in [5.74, 6) is 1.94. The molecule has 23 heavy (non-hydrogen) atoms. The predicted octanol–water partition coefficient (Wildman–Crippen LogP) is 0.462. The number of fused-ring (bicyclic) bond motifs is 1. The van der Waals surface area contributed by atoms with Gasteiger partial charge in [-0.15, -0.1) is 0 Å². The molecule has 2 aliphatic heterocycles. The molecule has 7 heteroatoms. The first-order valence-corrected chi connectivity index (χ1v) is 8.43. The number of aromatic amines is 1. The summed E-state index contributed by atoms with van der Waals surface area (Å²) in [6.45, 7) is 8.33. The van der Waals surface area contributed by atoms with Crippen LogP contribution in [0.3, 0.4) is 0 Å². The van der Waals surface area contributed by atoms with Crippen molar-refractivity contribution in [2.75, 3.05) is 76.3 Å². The zero-order valence-electron chi connectivity index (χ0n) is 14.0. The van der Waals surface area contributed by atoms with Gasteiger partial charge in [-0.25, -0.2) is 0 Å². The molecular weight excluding hydrogens is 290 g/mol. The lowest BCUT2D eigenvalue weighted by Crippen LogP contribution is -2.46. The number of aromatic nitrogens is 3. The molecular formula is C16H25N7. The van der Waals surface area contributed by atoms with Gasteiger partial charge in [0.15, 0.2) is 0 Å². The van der Waals surface area contributed by atoms with E-state index in [0.29, 0.717) is 0 Å². The van der Waals surface area contributed by atoms with Crippen LogP contribution < -0.4 is 9.80 Å². The van der Waals surface area contributed by atoms with Gasteiger partial charge in [0, 0.05) is 58.6 Å². The van der Waals surface area contributed by atoms with Crippen LogP contribution in [-0.2, 0) is 0 Å². The molecule has 7 nitrogen and oxygen atoms in total. The number of anilines is 2. The van der Waals surface area contributed by atoms with Crippen LogP contribution in [0.5, 0.6) is 0 Å². The Balaban J connectivity index is 1.67. The van der Waals surface area contributed by atoms with Crippen LogP contribution in [0, 0.1) is 0 Å². The molecule has 4 rings (SSSR count). The number of likely N-dealkylation sites (N-methyl/N-ethyl adjacent to an activating group) is 2. The molecule has 2 fully saturated rings.